The van der Waals surface area contributed by atoms with Gasteiger partial charge in [0.05, 0.1) is 0 Å². The van der Waals surface area contributed by atoms with Crippen LogP contribution in [0.25, 0.3) is 0 Å². The van der Waals surface area contributed by atoms with Crippen LogP contribution in [-0.2, 0) is 9.59 Å². The highest BCUT2D eigenvalue weighted by Gasteiger charge is 2.19. The van der Waals surface area contributed by atoms with E-state index in [0.717, 1.165) is 12.1 Å². The lowest BCUT2D eigenvalue weighted by Crippen LogP contribution is -2.48. The van der Waals surface area contributed by atoms with Crippen LogP contribution >= 0.6 is 0 Å². The number of nitrogens with zero attached hydrogens (tertiary/aromatic N) is 2. The maximum Gasteiger partial charge on any atom is 0.224 e. The van der Waals surface area contributed by atoms with Gasteiger partial charge in [0, 0.05) is 44.8 Å². The van der Waals surface area contributed by atoms with E-state index in [4.69, 9.17) is 0 Å². The van der Waals surface area contributed by atoms with E-state index >= 15 is 0 Å². The number of rotatable bonds is 5. The first kappa shape index (κ1) is 14.3. The molecule has 1 aromatic rings. The van der Waals surface area contributed by atoms with Crippen molar-refractivity contribution in [2.45, 2.75) is 6.42 Å². The molecule has 0 unspecified atom stereocenters. The zero-order valence-electron chi connectivity index (χ0n) is 11.2. The lowest BCUT2D eigenvalue weighted by atomic mass is 10.2. The molecule has 2 amide bonds. The predicted molar refractivity (Wildman–Crippen MR) is 73.7 cm³/mol. The summed E-state index contributed by atoms with van der Waals surface area (Å²) < 4.78 is 12.7. The van der Waals surface area contributed by atoms with E-state index in [0.29, 0.717) is 39.1 Å². The summed E-state index contributed by atoms with van der Waals surface area (Å²) in [6.07, 6.45) is 1.20. The van der Waals surface area contributed by atoms with Crippen LogP contribution in [0.15, 0.2) is 24.3 Å². The third-order valence-electron chi connectivity index (χ3n) is 3.33. The number of nitrogens with one attached hydrogen (secondary N) is 1. The zero-order valence-corrected chi connectivity index (χ0v) is 11.2. The Morgan fingerprint density at radius 1 is 1.20 bits per heavy atom. The molecule has 1 fully saturated rings. The molecule has 0 aliphatic carbocycles. The molecule has 1 aliphatic rings. The Labute approximate surface area is 117 Å². The summed E-state index contributed by atoms with van der Waals surface area (Å²) in [7, 11) is 0. The van der Waals surface area contributed by atoms with E-state index in [1.54, 1.807) is 21.9 Å². The van der Waals surface area contributed by atoms with E-state index < -0.39 is 0 Å². The van der Waals surface area contributed by atoms with Crippen LogP contribution in [-0.4, -0.2) is 54.8 Å². The maximum atomic E-state index is 12.7. The van der Waals surface area contributed by atoms with Gasteiger partial charge in [-0.3, -0.25) is 9.59 Å². The first-order valence-electron chi connectivity index (χ1n) is 6.65. The van der Waals surface area contributed by atoms with E-state index in [1.807, 2.05) is 0 Å². The molecule has 1 saturated heterocycles. The van der Waals surface area contributed by atoms with Crippen LogP contribution in [0.2, 0.25) is 0 Å². The fourth-order valence-corrected chi connectivity index (χ4v) is 2.12. The van der Waals surface area contributed by atoms with Gasteiger partial charge in [-0.2, -0.15) is 0 Å². The van der Waals surface area contributed by atoms with Crippen molar-refractivity contribution in [3.05, 3.63) is 30.1 Å². The van der Waals surface area contributed by atoms with Crippen molar-refractivity contribution in [1.82, 2.24) is 9.80 Å². The molecule has 0 aromatic heterocycles. The predicted octanol–water partition coefficient (Wildman–Crippen LogP) is 0.928. The summed E-state index contributed by atoms with van der Waals surface area (Å²) in [5.41, 5.74) is 0.796. The monoisotopic (exact) mass is 279 g/mol. The minimum atomic E-state index is -0.278. The molecule has 1 N–H and O–H groups in total. The van der Waals surface area contributed by atoms with E-state index in [2.05, 4.69) is 5.32 Å². The molecule has 0 saturated carbocycles. The van der Waals surface area contributed by atoms with Crippen molar-refractivity contribution in [3.8, 4) is 0 Å². The van der Waals surface area contributed by atoms with E-state index in [1.165, 1.54) is 12.1 Å². The van der Waals surface area contributed by atoms with Gasteiger partial charge in [-0.15, -0.1) is 0 Å². The Morgan fingerprint density at radius 2 is 1.85 bits per heavy atom. The minimum absolute atomic E-state index is 0.0742. The largest absolute Gasteiger partial charge is 0.385 e. The number of piperazine rings is 1. The molecule has 6 heteroatoms. The van der Waals surface area contributed by atoms with Gasteiger partial charge in [0.1, 0.15) is 5.82 Å². The van der Waals surface area contributed by atoms with Crippen molar-refractivity contribution < 1.29 is 14.0 Å². The first-order chi connectivity index (χ1) is 9.69. The number of hydrogen-bond acceptors (Lipinski definition) is 3. The summed E-state index contributed by atoms with van der Waals surface area (Å²) in [5, 5.41) is 3.08. The van der Waals surface area contributed by atoms with E-state index in [-0.39, 0.29) is 11.7 Å². The van der Waals surface area contributed by atoms with Gasteiger partial charge in [0.25, 0.3) is 0 Å². The lowest BCUT2D eigenvalue weighted by Gasteiger charge is -2.32. The molecule has 2 rings (SSSR count). The van der Waals surface area contributed by atoms with Gasteiger partial charge in [0.2, 0.25) is 12.3 Å². The fraction of sp³-hybridized carbons (Fsp3) is 0.429. The maximum absolute atomic E-state index is 12.7. The number of halogens is 1. The Balaban J connectivity index is 1.70. The molecule has 0 bridgehead atoms. The highest BCUT2D eigenvalue weighted by molar-refractivity contribution is 5.77. The summed E-state index contributed by atoms with van der Waals surface area (Å²) >= 11 is 0. The Bertz CT molecular complexity index is 456. The van der Waals surface area contributed by atoms with Gasteiger partial charge in [0.15, 0.2) is 0 Å². The second-order valence-corrected chi connectivity index (χ2v) is 4.71. The highest BCUT2D eigenvalue weighted by Crippen LogP contribution is 2.08. The minimum Gasteiger partial charge on any atom is -0.385 e. The van der Waals surface area contributed by atoms with Crippen LogP contribution in [0.4, 0.5) is 10.1 Å². The zero-order chi connectivity index (χ0) is 14.4. The average molecular weight is 279 g/mol. The van der Waals surface area contributed by atoms with Gasteiger partial charge < -0.3 is 15.1 Å². The molecule has 108 valence electrons. The molecule has 1 aromatic carbocycles. The molecule has 1 heterocycles. The van der Waals surface area contributed by atoms with Crippen molar-refractivity contribution in [3.63, 3.8) is 0 Å². The Kier molecular flexibility index (Phi) is 4.92. The molecule has 5 nitrogen and oxygen atoms in total. The van der Waals surface area contributed by atoms with Crippen LogP contribution in [0.5, 0.6) is 0 Å². The second kappa shape index (κ2) is 6.88. The average Bonchev–Trinajstić information content (AvgIpc) is 2.49. The summed E-state index contributed by atoms with van der Waals surface area (Å²) in [6, 6.07) is 6.04. The van der Waals surface area contributed by atoms with Gasteiger partial charge in [-0.1, -0.05) is 0 Å². The smallest absolute Gasteiger partial charge is 0.224 e. The third kappa shape index (κ3) is 3.94. The summed E-state index contributed by atoms with van der Waals surface area (Å²) in [6.45, 7) is 2.89. The molecule has 0 radical (unpaired) electrons. The molecular weight excluding hydrogens is 261 g/mol. The van der Waals surface area contributed by atoms with E-state index in [9.17, 15) is 14.0 Å². The second-order valence-electron chi connectivity index (χ2n) is 4.71. The van der Waals surface area contributed by atoms with Crippen LogP contribution in [0.3, 0.4) is 0 Å². The van der Waals surface area contributed by atoms with Crippen LogP contribution in [0, 0.1) is 5.82 Å². The third-order valence-corrected chi connectivity index (χ3v) is 3.33. The van der Waals surface area contributed by atoms with Crippen molar-refractivity contribution in [2.75, 3.05) is 38.0 Å². The number of benzene rings is 1. The topological polar surface area (TPSA) is 52.7 Å². The van der Waals surface area contributed by atoms with Gasteiger partial charge in [-0.05, 0) is 24.3 Å². The Morgan fingerprint density at radius 3 is 2.45 bits per heavy atom. The molecule has 1 aliphatic heterocycles. The molecule has 20 heavy (non-hydrogen) atoms. The number of hydrogen-bond donors (Lipinski definition) is 1. The van der Waals surface area contributed by atoms with Crippen molar-refractivity contribution >= 4 is 18.0 Å². The number of carbonyl (C=O) groups excluding carboxylic acids is 2. The normalized spacial score (nSPS) is 15.1. The lowest BCUT2D eigenvalue weighted by molar-refractivity contribution is -0.134. The van der Waals surface area contributed by atoms with Crippen LogP contribution < -0.4 is 5.32 Å². The highest BCUT2D eigenvalue weighted by atomic mass is 19.1. The summed E-state index contributed by atoms with van der Waals surface area (Å²) in [4.78, 5) is 26.0. The Hall–Kier alpha value is -2.11. The van der Waals surface area contributed by atoms with Crippen molar-refractivity contribution in [2.24, 2.45) is 0 Å². The molecule has 0 spiro atoms. The number of amides is 2. The summed E-state index contributed by atoms with van der Waals surface area (Å²) in [5.74, 6) is -0.204. The molecular formula is C14H18FN3O2. The first-order valence-corrected chi connectivity index (χ1v) is 6.65. The van der Waals surface area contributed by atoms with Gasteiger partial charge >= 0.3 is 0 Å². The standard InChI is InChI=1S/C14H18FN3O2/c15-12-1-3-13(4-2-12)16-6-5-14(20)18-9-7-17(11-19)8-10-18/h1-4,11,16H,5-10H2. The number of anilines is 1. The number of carbonyl (C=O) groups is 2. The quantitative estimate of drug-likeness (QED) is 0.816. The van der Waals surface area contributed by atoms with Crippen molar-refractivity contribution in [1.29, 1.82) is 0 Å². The SMILES string of the molecule is O=CN1CCN(C(=O)CCNc2ccc(F)cc2)CC1. The van der Waals surface area contributed by atoms with Gasteiger partial charge in [-0.25, -0.2) is 4.39 Å². The molecule has 0 atom stereocenters. The fourth-order valence-electron chi connectivity index (χ4n) is 2.12. The van der Waals surface area contributed by atoms with Crippen LogP contribution in [0.1, 0.15) is 6.42 Å².